The zero-order chi connectivity index (χ0) is 16.4. The first-order valence-electron chi connectivity index (χ1n) is 9.14. The van der Waals surface area contributed by atoms with Crippen molar-refractivity contribution in [3.63, 3.8) is 0 Å². The van der Waals surface area contributed by atoms with Crippen LogP contribution >= 0.6 is 0 Å². The third kappa shape index (κ3) is 3.86. The maximum Gasteiger partial charge on any atom is 0.131 e. The Morgan fingerprint density at radius 1 is 1.00 bits per heavy atom. The van der Waals surface area contributed by atoms with E-state index >= 15 is 0 Å². The first kappa shape index (κ1) is 15.8. The first-order chi connectivity index (χ1) is 11.8. The van der Waals surface area contributed by atoms with Gasteiger partial charge in [-0.05, 0) is 73.2 Å². The molecule has 0 bridgehead atoms. The van der Waals surface area contributed by atoms with Crippen LogP contribution in [0.4, 0.5) is 0 Å². The van der Waals surface area contributed by atoms with Crippen LogP contribution in [0.2, 0.25) is 0 Å². The number of nitrogens with zero attached hydrogens (tertiary/aromatic N) is 1. The lowest BCUT2D eigenvalue weighted by Crippen LogP contribution is -2.22. The van der Waals surface area contributed by atoms with E-state index in [9.17, 15) is 5.11 Å². The maximum atomic E-state index is 10.3. The molecule has 0 radical (unpaired) electrons. The van der Waals surface area contributed by atoms with Gasteiger partial charge in [0.25, 0.3) is 0 Å². The summed E-state index contributed by atoms with van der Waals surface area (Å²) in [6.07, 6.45) is 4.44. The fraction of sp³-hybridized carbons (Fsp3) is 0.429. The second kappa shape index (κ2) is 7.06. The third-order valence-electron chi connectivity index (χ3n) is 5.04. The van der Waals surface area contributed by atoms with Crippen LogP contribution in [0.5, 0.6) is 0 Å². The van der Waals surface area contributed by atoms with Crippen LogP contribution in [0.25, 0.3) is 11.1 Å². The van der Waals surface area contributed by atoms with Crippen molar-refractivity contribution in [1.82, 2.24) is 10.2 Å². The van der Waals surface area contributed by atoms with Crippen molar-refractivity contribution in [1.29, 1.82) is 0 Å². The Balaban J connectivity index is 1.51. The molecule has 2 N–H and O–H groups in total. The summed E-state index contributed by atoms with van der Waals surface area (Å²) < 4.78 is 0. The lowest BCUT2D eigenvalue weighted by molar-refractivity contribution is 0.137. The number of aliphatic hydroxyl groups excluding tert-OH is 1. The molecule has 0 spiro atoms. The average Bonchev–Trinajstić information content (AvgIpc) is 3.28. The highest BCUT2D eigenvalue weighted by atomic mass is 16.3. The maximum absolute atomic E-state index is 10.3. The number of rotatable bonds is 6. The second-order valence-corrected chi connectivity index (χ2v) is 7.15. The molecule has 0 aromatic heterocycles. The summed E-state index contributed by atoms with van der Waals surface area (Å²) in [6, 6.07) is 17.6. The molecule has 2 fully saturated rings. The highest BCUT2D eigenvalue weighted by Gasteiger charge is 2.24. The van der Waals surface area contributed by atoms with Crippen LogP contribution in [-0.4, -0.2) is 29.1 Å². The van der Waals surface area contributed by atoms with Crippen molar-refractivity contribution in [3.8, 4) is 11.1 Å². The largest absolute Gasteiger partial charge is 0.374 e. The van der Waals surface area contributed by atoms with Gasteiger partial charge < -0.3 is 5.11 Å². The Hall–Kier alpha value is -1.68. The molecule has 1 aliphatic carbocycles. The minimum atomic E-state index is -0.565. The number of aliphatic hydroxyl groups is 1. The quantitative estimate of drug-likeness (QED) is 0.796. The molecule has 1 heterocycles. The summed E-state index contributed by atoms with van der Waals surface area (Å²) in [5, 5.41) is 13.6. The zero-order valence-corrected chi connectivity index (χ0v) is 14.1. The van der Waals surface area contributed by atoms with Gasteiger partial charge in [0.05, 0.1) is 0 Å². The SMILES string of the molecule is OC(NC1CC1)c1cccc(-c2cccc(CN3CCCC3)c2)c1. The average molecular weight is 322 g/mol. The number of hydrogen-bond acceptors (Lipinski definition) is 3. The molecule has 4 rings (SSSR count). The molecule has 2 aliphatic rings. The van der Waals surface area contributed by atoms with Gasteiger partial charge in [-0.3, -0.25) is 10.2 Å². The molecule has 1 saturated carbocycles. The molecule has 126 valence electrons. The van der Waals surface area contributed by atoms with Gasteiger partial charge in [0.2, 0.25) is 0 Å². The Morgan fingerprint density at radius 3 is 2.46 bits per heavy atom. The monoisotopic (exact) mass is 322 g/mol. The topological polar surface area (TPSA) is 35.5 Å². The number of likely N-dealkylation sites (tertiary alicyclic amines) is 1. The molecular formula is C21H26N2O. The lowest BCUT2D eigenvalue weighted by Gasteiger charge is -2.16. The fourth-order valence-electron chi connectivity index (χ4n) is 3.51. The highest BCUT2D eigenvalue weighted by Crippen LogP contribution is 2.27. The molecule has 0 amide bonds. The number of hydrogen-bond donors (Lipinski definition) is 2. The summed E-state index contributed by atoms with van der Waals surface area (Å²) in [5.74, 6) is 0. The van der Waals surface area contributed by atoms with Crippen LogP contribution in [0, 0.1) is 0 Å². The van der Waals surface area contributed by atoms with E-state index in [1.165, 1.54) is 55.5 Å². The minimum Gasteiger partial charge on any atom is -0.374 e. The van der Waals surface area contributed by atoms with E-state index in [4.69, 9.17) is 0 Å². The van der Waals surface area contributed by atoms with Crippen molar-refractivity contribution in [2.45, 2.75) is 44.5 Å². The van der Waals surface area contributed by atoms with E-state index in [1.54, 1.807) is 0 Å². The van der Waals surface area contributed by atoms with E-state index in [2.05, 4.69) is 46.6 Å². The number of benzene rings is 2. The minimum absolute atomic E-state index is 0.493. The van der Waals surface area contributed by atoms with Crippen molar-refractivity contribution in [2.75, 3.05) is 13.1 Å². The third-order valence-corrected chi connectivity index (χ3v) is 5.04. The first-order valence-corrected chi connectivity index (χ1v) is 9.14. The summed E-state index contributed by atoms with van der Waals surface area (Å²) in [6.45, 7) is 3.48. The van der Waals surface area contributed by atoms with Gasteiger partial charge in [0.1, 0.15) is 6.23 Å². The van der Waals surface area contributed by atoms with Crippen LogP contribution < -0.4 is 5.32 Å². The molecule has 3 heteroatoms. The molecular weight excluding hydrogens is 296 g/mol. The summed E-state index contributed by atoms with van der Waals surface area (Å²) in [4.78, 5) is 2.53. The molecule has 3 nitrogen and oxygen atoms in total. The standard InChI is InChI=1S/C21H26N2O/c24-21(22-20-9-10-20)19-8-4-7-18(14-19)17-6-3-5-16(13-17)15-23-11-1-2-12-23/h3-8,13-14,20-22,24H,1-2,9-12,15H2. The van der Waals surface area contributed by atoms with Crippen molar-refractivity contribution >= 4 is 0 Å². The smallest absolute Gasteiger partial charge is 0.131 e. The summed E-state index contributed by atoms with van der Waals surface area (Å²) in [5.41, 5.74) is 4.72. The zero-order valence-electron chi connectivity index (χ0n) is 14.1. The predicted molar refractivity (Wildman–Crippen MR) is 97.5 cm³/mol. The van der Waals surface area contributed by atoms with Crippen molar-refractivity contribution in [2.24, 2.45) is 0 Å². The Labute approximate surface area is 144 Å². The normalized spacial score (nSPS) is 19.5. The highest BCUT2D eigenvalue weighted by molar-refractivity contribution is 5.65. The van der Waals surface area contributed by atoms with E-state index in [1.807, 2.05) is 12.1 Å². The van der Waals surface area contributed by atoms with Crippen LogP contribution in [0.15, 0.2) is 48.5 Å². The van der Waals surface area contributed by atoms with E-state index < -0.39 is 6.23 Å². The summed E-state index contributed by atoms with van der Waals surface area (Å²) in [7, 11) is 0. The van der Waals surface area contributed by atoms with E-state index in [0.717, 1.165) is 12.1 Å². The Bertz CT molecular complexity index is 690. The number of nitrogens with one attached hydrogen (secondary N) is 1. The van der Waals surface area contributed by atoms with Crippen LogP contribution in [0.1, 0.15) is 43.0 Å². The Morgan fingerprint density at radius 2 is 1.71 bits per heavy atom. The van der Waals surface area contributed by atoms with Gasteiger partial charge in [0, 0.05) is 12.6 Å². The van der Waals surface area contributed by atoms with Crippen LogP contribution in [0.3, 0.4) is 0 Å². The Kier molecular flexibility index (Phi) is 4.65. The molecule has 1 atom stereocenters. The summed E-state index contributed by atoms with van der Waals surface area (Å²) >= 11 is 0. The van der Waals surface area contributed by atoms with Crippen LogP contribution in [-0.2, 0) is 6.54 Å². The van der Waals surface area contributed by atoms with Gasteiger partial charge in [-0.2, -0.15) is 0 Å². The lowest BCUT2D eigenvalue weighted by atomic mass is 10.0. The van der Waals surface area contributed by atoms with Gasteiger partial charge in [-0.1, -0.05) is 36.4 Å². The van der Waals surface area contributed by atoms with Crippen molar-refractivity contribution < 1.29 is 5.11 Å². The van der Waals surface area contributed by atoms with Gasteiger partial charge in [-0.15, -0.1) is 0 Å². The van der Waals surface area contributed by atoms with Gasteiger partial charge in [-0.25, -0.2) is 0 Å². The molecule has 24 heavy (non-hydrogen) atoms. The van der Waals surface area contributed by atoms with Crippen molar-refractivity contribution in [3.05, 3.63) is 59.7 Å². The second-order valence-electron chi connectivity index (χ2n) is 7.15. The molecule has 1 saturated heterocycles. The molecule has 2 aromatic carbocycles. The van der Waals surface area contributed by atoms with E-state index in [-0.39, 0.29) is 0 Å². The van der Waals surface area contributed by atoms with Gasteiger partial charge in [0.15, 0.2) is 0 Å². The molecule has 1 unspecified atom stereocenters. The molecule has 2 aromatic rings. The van der Waals surface area contributed by atoms with Gasteiger partial charge >= 0.3 is 0 Å². The molecule has 1 aliphatic heterocycles. The van der Waals surface area contributed by atoms with E-state index in [0.29, 0.717) is 6.04 Å². The fourth-order valence-corrected chi connectivity index (χ4v) is 3.51. The predicted octanol–water partition coefficient (Wildman–Crippen LogP) is 3.69.